The Kier molecular flexibility index (Phi) is 9.12. The molecule has 0 bridgehead atoms. The minimum Gasteiger partial charge on any atom is -0.497 e. The molecular formula is C30H33N5O7S. The summed E-state index contributed by atoms with van der Waals surface area (Å²) in [6.07, 6.45) is 1.47. The summed E-state index contributed by atoms with van der Waals surface area (Å²) in [5.74, 6) is 2.60. The molecule has 0 saturated carbocycles. The third-order valence-corrected chi connectivity index (χ3v) is 9.01. The van der Waals surface area contributed by atoms with Gasteiger partial charge in [0.25, 0.3) is 0 Å². The first kappa shape index (κ1) is 29.9. The molecule has 1 amide bonds. The van der Waals surface area contributed by atoms with Crippen LogP contribution >= 0.6 is 0 Å². The molecule has 4 aromatic rings. The van der Waals surface area contributed by atoms with Gasteiger partial charge in [-0.15, -0.1) is 10.2 Å². The molecule has 0 aliphatic carbocycles. The van der Waals surface area contributed by atoms with E-state index in [1.54, 1.807) is 43.4 Å². The van der Waals surface area contributed by atoms with Crippen LogP contribution in [0.2, 0.25) is 0 Å². The second-order valence-electron chi connectivity index (χ2n) is 9.74. The molecule has 0 unspecified atom stereocenters. The van der Waals surface area contributed by atoms with Crippen molar-refractivity contribution < 1.29 is 31.8 Å². The average molecular weight is 608 g/mol. The fourth-order valence-corrected chi connectivity index (χ4v) is 6.13. The molecule has 0 N–H and O–H groups in total. The van der Waals surface area contributed by atoms with E-state index in [0.29, 0.717) is 60.7 Å². The molecule has 5 rings (SSSR count). The third-order valence-electron chi connectivity index (χ3n) is 7.21. The van der Waals surface area contributed by atoms with Gasteiger partial charge >= 0.3 is 0 Å². The fraction of sp³-hybridized carbons (Fsp3) is 0.300. The summed E-state index contributed by atoms with van der Waals surface area (Å²) in [6, 6.07) is 18.8. The lowest BCUT2D eigenvalue weighted by molar-refractivity contribution is -0.131. The van der Waals surface area contributed by atoms with Crippen LogP contribution in [-0.2, 0) is 21.4 Å². The van der Waals surface area contributed by atoms with Crippen molar-refractivity contribution in [3.63, 3.8) is 0 Å². The van der Waals surface area contributed by atoms with Gasteiger partial charge in [0, 0.05) is 31.7 Å². The predicted octanol–water partition coefficient (Wildman–Crippen LogP) is 3.30. The molecule has 0 radical (unpaired) electrons. The normalized spacial score (nSPS) is 13.7. The summed E-state index contributed by atoms with van der Waals surface area (Å²) in [4.78, 5) is 17.1. The van der Waals surface area contributed by atoms with E-state index in [1.807, 2.05) is 35.2 Å². The number of methoxy groups -OCH3 is 3. The van der Waals surface area contributed by atoms with Crippen LogP contribution in [-0.4, -0.2) is 87.8 Å². The SMILES string of the molecule is COc1ccc(S(=O)(=O)N(CC(=O)N2CCN(c3ccc(-c4ccc(OC)c(OC)c4)nn3)CC2)Cc2ccco2)cc1. The number of carbonyl (C=O) groups is 1. The highest BCUT2D eigenvalue weighted by Crippen LogP contribution is 2.31. The molecule has 226 valence electrons. The Morgan fingerprint density at radius 2 is 1.63 bits per heavy atom. The minimum absolute atomic E-state index is 0.0626. The molecular weight excluding hydrogens is 574 g/mol. The zero-order valence-electron chi connectivity index (χ0n) is 24.2. The first-order valence-corrected chi connectivity index (χ1v) is 15.0. The van der Waals surface area contributed by atoms with Crippen molar-refractivity contribution in [1.29, 1.82) is 0 Å². The van der Waals surface area contributed by atoms with Crippen LogP contribution < -0.4 is 19.1 Å². The Labute approximate surface area is 250 Å². The summed E-state index contributed by atoms with van der Waals surface area (Å²) >= 11 is 0. The van der Waals surface area contributed by atoms with Gasteiger partial charge in [-0.2, -0.15) is 4.31 Å². The number of nitrogens with zero attached hydrogens (tertiary/aromatic N) is 5. The molecule has 43 heavy (non-hydrogen) atoms. The molecule has 2 aromatic carbocycles. The molecule has 3 heterocycles. The van der Waals surface area contributed by atoms with Gasteiger partial charge in [-0.3, -0.25) is 4.79 Å². The first-order valence-electron chi connectivity index (χ1n) is 13.6. The van der Waals surface area contributed by atoms with Crippen molar-refractivity contribution >= 4 is 21.7 Å². The maximum Gasteiger partial charge on any atom is 0.243 e. The van der Waals surface area contributed by atoms with Crippen LogP contribution in [0.1, 0.15) is 5.76 Å². The number of ether oxygens (including phenoxy) is 3. The lowest BCUT2D eigenvalue weighted by Crippen LogP contribution is -2.52. The van der Waals surface area contributed by atoms with Crippen LogP contribution in [0.4, 0.5) is 5.82 Å². The van der Waals surface area contributed by atoms with Gasteiger partial charge in [-0.05, 0) is 66.7 Å². The summed E-state index contributed by atoms with van der Waals surface area (Å²) in [7, 11) is 0.673. The van der Waals surface area contributed by atoms with Crippen molar-refractivity contribution in [1.82, 2.24) is 19.4 Å². The van der Waals surface area contributed by atoms with Gasteiger partial charge in [-0.25, -0.2) is 8.42 Å². The number of aromatic nitrogens is 2. The van der Waals surface area contributed by atoms with E-state index in [0.717, 1.165) is 9.87 Å². The van der Waals surface area contributed by atoms with Gasteiger partial charge in [0.1, 0.15) is 11.5 Å². The van der Waals surface area contributed by atoms with Gasteiger partial charge in [0.05, 0.1) is 51.3 Å². The Bertz CT molecular complexity index is 1620. The number of carbonyl (C=O) groups excluding carboxylic acids is 1. The molecule has 1 saturated heterocycles. The van der Waals surface area contributed by atoms with E-state index in [-0.39, 0.29) is 23.9 Å². The highest BCUT2D eigenvalue weighted by atomic mass is 32.2. The second kappa shape index (κ2) is 13.1. The molecule has 13 heteroatoms. The number of hydrogen-bond donors (Lipinski definition) is 0. The molecule has 2 aromatic heterocycles. The second-order valence-corrected chi connectivity index (χ2v) is 11.7. The van der Waals surface area contributed by atoms with Crippen molar-refractivity contribution in [2.24, 2.45) is 0 Å². The topological polar surface area (TPSA) is 128 Å². The zero-order chi connectivity index (χ0) is 30.4. The molecule has 1 aliphatic heterocycles. The summed E-state index contributed by atoms with van der Waals surface area (Å²) in [5.41, 5.74) is 1.53. The highest BCUT2D eigenvalue weighted by Gasteiger charge is 2.31. The number of furan rings is 1. The average Bonchev–Trinajstić information content (AvgIpc) is 3.57. The fourth-order valence-electron chi connectivity index (χ4n) is 4.78. The standard InChI is InChI=1S/C30H33N5O7S/c1-39-23-7-9-25(10-8-23)43(37,38)35(20-24-5-4-18-42-24)21-30(36)34-16-14-33(15-17-34)29-13-11-26(31-32-29)22-6-12-27(40-2)28(19-22)41-3/h4-13,18-19H,14-17,20-21H2,1-3H3. The van der Waals surface area contributed by atoms with E-state index in [2.05, 4.69) is 10.2 Å². The maximum absolute atomic E-state index is 13.5. The Morgan fingerprint density at radius 1 is 0.884 bits per heavy atom. The molecule has 1 aliphatic rings. The predicted molar refractivity (Wildman–Crippen MR) is 159 cm³/mol. The number of anilines is 1. The lowest BCUT2D eigenvalue weighted by atomic mass is 10.1. The molecule has 1 fully saturated rings. The van der Waals surface area contributed by atoms with Crippen LogP contribution in [0.5, 0.6) is 17.2 Å². The minimum atomic E-state index is -4.00. The first-order chi connectivity index (χ1) is 20.8. The number of amides is 1. The summed E-state index contributed by atoms with van der Waals surface area (Å²) < 4.78 is 49.5. The number of rotatable bonds is 11. The van der Waals surface area contributed by atoms with Crippen LogP contribution in [0.25, 0.3) is 11.3 Å². The summed E-state index contributed by atoms with van der Waals surface area (Å²) in [5, 5.41) is 8.80. The monoisotopic (exact) mass is 607 g/mol. The van der Waals surface area contributed by atoms with E-state index in [4.69, 9.17) is 18.6 Å². The number of sulfonamides is 1. The number of piperazine rings is 1. The highest BCUT2D eigenvalue weighted by molar-refractivity contribution is 7.89. The van der Waals surface area contributed by atoms with Crippen LogP contribution in [0, 0.1) is 0 Å². The van der Waals surface area contributed by atoms with Gasteiger partial charge < -0.3 is 28.4 Å². The van der Waals surface area contributed by atoms with Gasteiger partial charge in [0.2, 0.25) is 15.9 Å². The largest absolute Gasteiger partial charge is 0.497 e. The van der Waals surface area contributed by atoms with Crippen molar-refractivity contribution in [3.05, 3.63) is 78.8 Å². The Balaban J connectivity index is 1.23. The third kappa shape index (κ3) is 6.73. The van der Waals surface area contributed by atoms with E-state index >= 15 is 0 Å². The van der Waals surface area contributed by atoms with E-state index in [9.17, 15) is 13.2 Å². The Morgan fingerprint density at radius 3 is 2.23 bits per heavy atom. The number of hydrogen-bond acceptors (Lipinski definition) is 10. The summed E-state index contributed by atoms with van der Waals surface area (Å²) in [6.45, 7) is 1.48. The molecule has 0 spiro atoms. The lowest BCUT2D eigenvalue weighted by Gasteiger charge is -2.36. The quantitative estimate of drug-likeness (QED) is 0.251. The van der Waals surface area contributed by atoms with E-state index < -0.39 is 10.0 Å². The number of benzene rings is 2. The van der Waals surface area contributed by atoms with Crippen molar-refractivity contribution in [2.45, 2.75) is 11.4 Å². The zero-order valence-corrected chi connectivity index (χ0v) is 25.0. The maximum atomic E-state index is 13.5. The smallest absolute Gasteiger partial charge is 0.243 e. The van der Waals surface area contributed by atoms with Crippen molar-refractivity contribution in [3.8, 4) is 28.5 Å². The van der Waals surface area contributed by atoms with Gasteiger partial charge in [-0.1, -0.05) is 0 Å². The molecule has 12 nitrogen and oxygen atoms in total. The molecule has 0 atom stereocenters. The van der Waals surface area contributed by atoms with Gasteiger partial charge in [0.15, 0.2) is 17.3 Å². The van der Waals surface area contributed by atoms with Crippen molar-refractivity contribution in [2.75, 3.05) is 59.0 Å². The van der Waals surface area contributed by atoms with Crippen LogP contribution in [0.3, 0.4) is 0 Å². The van der Waals surface area contributed by atoms with E-state index in [1.165, 1.54) is 25.5 Å². The Hall–Kier alpha value is -4.62. The van der Waals surface area contributed by atoms with Crippen LogP contribution in [0.15, 0.2) is 82.3 Å².